The van der Waals surface area contributed by atoms with Gasteiger partial charge in [-0.3, -0.25) is 0 Å². The molecule has 0 aliphatic carbocycles. The highest BCUT2D eigenvalue weighted by molar-refractivity contribution is 9.08. The third-order valence-corrected chi connectivity index (χ3v) is 3.76. The summed E-state index contributed by atoms with van der Waals surface area (Å²) >= 11 is 4.71. The molecule has 2 aromatic rings. The summed E-state index contributed by atoms with van der Waals surface area (Å²) < 4.78 is 19.1. The van der Waals surface area contributed by atoms with Crippen LogP contribution in [0.2, 0.25) is 0 Å². The van der Waals surface area contributed by atoms with Gasteiger partial charge in [0.25, 0.3) is 0 Å². The Balaban J connectivity index is 2.74. The number of hydrogen-bond donors (Lipinski definition) is 0. The molecular weight excluding hydrogens is 267 g/mol. The molecule has 0 atom stereocenters. The SMILES string of the molecule is COc1cc2c(CBr)ccc(F)c2s1. The Morgan fingerprint density at radius 2 is 2.29 bits per heavy atom. The molecule has 0 saturated heterocycles. The summed E-state index contributed by atoms with van der Waals surface area (Å²) in [4.78, 5) is 0. The summed E-state index contributed by atoms with van der Waals surface area (Å²) in [6.45, 7) is 0. The maximum Gasteiger partial charge on any atom is 0.174 e. The fourth-order valence-electron chi connectivity index (χ4n) is 1.34. The lowest BCUT2D eigenvalue weighted by molar-refractivity contribution is 0.427. The molecule has 74 valence electrons. The van der Waals surface area contributed by atoms with Gasteiger partial charge in [-0.15, -0.1) is 0 Å². The molecule has 0 aliphatic heterocycles. The van der Waals surface area contributed by atoms with E-state index in [-0.39, 0.29) is 5.82 Å². The van der Waals surface area contributed by atoms with Crippen LogP contribution in [0, 0.1) is 5.82 Å². The standard InChI is InChI=1S/C10H8BrFOS/c1-13-9-4-7-6(5-11)2-3-8(12)10(7)14-9/h2-4H,5H2,1H3. The van der Waals surface area contributed by atoms with Gasteiger partial charge >= 0.3 is 0 Å². The molecule has 2 rings (SSSR count). The Morgan fingerprint density at radius 3 is 2.93 bits per heavy atom. The van der Waals surface area contributed by atoms with E-state index in [4.69, 9.17) is 4.74 Å². The van der Waals surface area contributed by atoms with Crippen molar-refractivity contribution in [2.45, 2.75) is 5.33 Å². The third kappa shape index (κ3) is 1.53. The maximum atomic E-state index is 13.4. The number of hydrogen-bond acceptors (Lipinski definition) is 2. The van der Waals surface area contributed by atoms with Crippen LogP contribution in [0.5, 0.6) is 5.06 Å². The van der Waals surface area contributed by atoms with Gasteiger partial charge in [-0.25, -0.2) is 4.39 Å². The molecule has 0 radical (unpaired) electrons. The Bertz CT molecular complexity index is 466. The van der Waals surface area contributed by atoms with Crippen LogP contribution in [0.4, 0.5) is 4.39 Å². The fraction of sp³-hybridized carbons (Fsp3) is 0.200. The van der Waals surface area contributed by atoms with Crippen molar-refractivity contribution < 1.29 is 9.13 Å². The quantitative estimate of drug-likeness (QED) is 0.754. The number of fused-ring (bicyclic) bond motifs is 1. The van der Waals surface area contributed by atoms with Crippen LogP contribution in [-0.4, -0.2) is 7.11 Å². The topological polar surface area (TPSA) is 9.23 Å². The molecule has 1 aromatic heterocycles. The predicted octanol–water partition coefficient (Wildman–Crippen LogP) is 3.94. The number of methoxy groups -OCH3 is 1. The number of rotatable bonds is 2. The van der Waals surface area contributed by atoms with Crippen molar-refractivity contribution in [2.24, 2.45) is 0 Å². The Hall–Kier alpha value is -0.610. The number of benzene rings is 1. The van der Waals surface area contributed by atoms with Crippen molar-refractivity contribution in [3.05, 3.63) is 29.6 Å². The van der Waals surface area contributed by atoms with Gasteiger partial charge in [0.1, 0.15) is 5.82 Å². The van der Waals surface area contributed by atoms with Crippen LogP contribution in [0.15, 0.2) is 18.2 Å². The number of ether oxygens (including phenoxy) is 1. The summed E-state index contributed by atoms with van der Waals surface area (Å²) in [5, 5.41) is 2.40. The van der Waals surface area contributed by atoms with E-state index in [1.807, 2.05) is 6.07 Å². The van der Waals surface area contributed by atoms with E-state index in [1.165, 1.54) is 17.4 Å². The minimum Gasteiger partial charge on any atom is -0.487 e. The molecule has 0 aliphatic rings. The second kappa shape index (κ2) is 3.87. The molecule has 0 bridgehead atoms. The summed E-state index contributed by atoms with van der Waals surface area (Å²) in [7, 11) is 1.59. The largest absolute Gasteiger partial charge is 0.487 e. The summed E-state index contributed by atoms with van der Waals surface area (Å²) in [6, 6.07) is 5.16. The molecular formula is C10H8BrFOS. The van der Waals surface area contributed by atoms with Gasteiger partial charge < -0.3 is 4.74 Å². The Kier molecular flexibility index (Phi) is 2.74. The van der Waals surface area contributed by atoms with Gasteiger partial charge in [-0.05, 0) is 17.7 Å². The second-order valence-electron chi connectivity index (χ2n) is 2.85. The van der Waals surface area contributed by atoms with E-state index in [9.17, 15) is 4.39 Å². The average Bonchev–Trinajstić information content (AvgIpc) is 2.63. The van der Waals surface area contributed by atoms with Gasteiger partial charge in [0.05, 0.1) is 11.8 Å². The van der Waals surface area contributed by atoms with E-state index in [0.717, 1.165) is 21.3 Å². The molecule has 4 heteroatoms. The first-order chi connectivity index (χ1) is 6.76. The van der Waals surface area contributed by atoms with E-state index >= 15 is 0 Å². The van der Waals surface area contributed by atoms with Crippen molar-refractivity contribution in [1.29, 1.82) is 0 Å². The monoisotopic (exact) mass is 274 g/mol. The first-order valence-corrected chi connectivity index (χ1v) is 6.01. The normalized spacial score (nSPS) is 10.8. The third-order valence-electron chi connectivity index (χ3n) is 2.05. The lowest BCUT2D eigenvalue weighted by Crippen LogP contribution is -1.80. The number of alkyl halides is 1. The molecule has 1 aromatic carbocycles. The van der Waals surface area contributed by atoms with Gasteiger partial charge in [0.2, 0.25) is 0 Å². The number of thiophene rings is 1. The van der Waals surface area contributed by atoms with E-state index in [1.54, 1.807) is 13.2 Å². The Labute approximate surface area is 93.6 Å². The first-order valence-electron chi connectivity index (χ1n) is 4.07. The smallest absolute Gasteiger partial charge is 0.174 e. The van der Waals surface area contributed by atoms with Crippen molar-refractivity contribution in [3.63, 3.8) is 0 Å². The molecule has 1 heterocycles. The van der Waals surface area contributed by atoms with Crippen molar-refractivity contribution >= 4 is 37.4 Å². The molecule has 0 spiro atoms. The van der Waals surface area contributed by atoms with E-state index in [2.05, 4.69) is 15.9 Å². The van der Waals surface area contributed by atoms with Gasteiger partial charge in [0.15, 0.2) is 5.06 Å². The van der Waals surface area contributed by atoms with Crippen LogP contribution in [0.1, 0.15) is 5.56 Å². The van der Waals surface area contributed by atoms with Crippen molar-refractivity contribution in [3.8, 4) is 5.06 Å². The molecule has 0 saturated carbocycles. The highest BCUT2D eigenvalue weighted by Gasteiger charge is 2.09. The highest BCUT2D eigenvalue weighted by Crippen LogP contribution is 2.35. The molecule has 0 fully saturated rings. The Morgan fingerprint density at radius 1 is 1.50 bits per heavy atom. The van der Waals surface area contributed by atoms with E-state index in [0.29, 0.717) is 4.70 Å². The average molecular weight is 275 g/mol. The summed E-state index contributed by atoms with van der Waals surface area (Å²) in [6.07, 6.45) is 0. The van der Waals surface area contributed by atoms with Crippen LogP contribution in [0.3, 0.4) is 0 Å². The van der Waals surface area contributed by atoms with Crippen LogP contribution in [-0.2, 0) is 5.33 Å². The highest BCUT2D eigenvalue weighted by atomic mass is 79.9. The second-order valence-corrected chi connectivity index (χ2v) is 4.43. The predicted molar refractivity (Wildman–Crippen MR) is 61.0 cm³/mol. The summed E-state index contributed by atoms with van der Waals surface area (Å²) in [5.74, 6) is -0.182. The molecule has 0 unspecified atom stereocenters. The molecule has 0 amide bonds. The lowest BCUT2D eigenvalue weighted by Gasteiger charge is -1.97. The van der Waals surface area contributed by atoms with Crippen molar-refractivity contribution in [1.82, 2.24) is 0 Å². The summed E-state index contributed by atoms with van der Waals surface area (Å²) in [5.41, 5.74) is 1.08. The number of halogens is 2. The zero-order chi connectivity index (χ0) is 10.1. The van der Waals surface area contributed by atoms with E-state index < -0.39 is 0 Å². The lowest BCUT2D eigenvalue weighted by atomic mass is 10.1. The van der Waals surface area contributed by atoms with Gasteiger partial charge in [0, 0.05) is 10.7 Å². The van der Waals surface area contributed by atoms with Crippen molar-refractivity contribution in [2.75, 3.05) is 7.11 Å². The van der Waals surface area contributed by atoms with Gasteiger partial charge in [-0.1, -0.05) is 33.3 Å². The van der Waals surface area contributed by atoms with Gasteiger partial charge in [-0.2, -0.15) is 0 Å². The zero-order valence-corrected chi connectivity index (χ0v) is 9.91. The fourth-order valence-corrected chi connectivity index (χ4v) is 2.76. The van der Waals surface area contributed by atoms with Crippen LogP contribution >= 0.6 is 27.3 Å². The van der Waals surface area contributed by atoms with Crippen LogP contribution < -0.4 is 4.74 Å². The maximum absolute atomic E-state index is 13.4. The molecule has 14 heavy (non-hydrogen) atoms. The zero-order valence-electron chi connectivity index (χ0n) is 7.51. The minimum atomic E-state index is -0.182. The molecule has 1 nitrogen and oxygen atoms in total. The first kappa shape index (κ1) is 9.93. The minimum absolute atomic E-state index is 0.182. The molecule has 0 N–H and O–H groups in total. The van der Waals surface area contributed by atoms with Crippen LogP contribution in [0.25, 0.3) is 10.1 Å².